The quantitative estimate of drug-likeness (QED) is 0.0212. The van der Waals surface area contributed by atoms with Crippen LogP contribution in [0.15, 0.2) is 85.1 Å². The van der Waals surface area contributed by atoms with E-state index in [1.165, 1.54) is 109 Å². The molecule has 0 aromatic heterocycles. The molecule has 3 unspecified atom stereocenters. The number of esters is 1. The van der Waals surface area contributed by atoms with Crippen LogP contribution in [-0.4, -0.2) is 69.4 Å². The van der Waals surface area contributed by atoms with Crippen molar-refractivity contribution in [2.75, 3.05) is 40.9 Å². The van der Waals surface area contributed by atoms with Gasteiger partial charge in [-0.1, -0.05) is 235 Å². The fraction of sp³-hybridized carbons (Fsp3) is 0.754. The highest BCUT2D eigenvalue weighted by Gasteiger charge is 2.27. The molecule has 0 bridgehead atoms. The summed E-state index contributed by atoms with van der Waals surface area (Å²) in [6, 6.07) is -0.902. The number of unbranched alkanes of at least 4 members (excludes halogenated alkanes) is 27. The van der Waals surface area contributed by atoms with Gasteiger partial charge in [-0.25, -0.2) is 0 Å². The molecule has 0 aliphatic rings. The molecule has 1 amide bonds. The summed E-state index contributed by atoms with van der Waals surface area (Å²) in [5, 5.41) is 3.02. The molecular weight excluding hydrogens is 952 g/mol. The molecule has 0 saturated carbocycles. The molecule has 3 atom stereocenters. The number of nitrogens with one attached hydrogen (secondary N) is 1. The lowest BCUT2D eigenvalue weighted by Crippen LogP contribution is -2.47. The maximum absolute atomic E-state index is 13.5. The van der Waals surface area contributed by atoms with Crippen LogP contribution in [0.3, 0.4) is 0 Å². The minimum Gasteiger partial charge on any atom is -0.756 e. The van der Waals surface area contributed by atoms with E-state index in [4.69, 9.17) is 13.8 Å². The summed E-state index contributed by atoms with van der Waals surface area (Å²) in [5.74, 6) is -0.568. The summed E-state index contributed by atoms with van der Waals surface area (Å²) < 4.78 is 30.3. The maximum Gasteiger partial charge on any atom is 0.306 e. The van der Waals surface area contributed by atoms with Gasteiger partial charge in [0.1, 0.15) is 19.3 Å². The molecule has 0 aromatic rings. The lowest BCUT2D eigenvalue weighted by molar-refractivity contribution is -0.870. The number of amides is 1. The number of ether oxygens (including phenoxy) is 1. The van der Waals surface area contributed by atoms with E-state index >= 15 is 0 Å². The Morgan fingerprint density at radius 3 is 1.31 bits per heavy atom. The summed E-state index contributed by atoms with van der Waals surface area (Å²) in [6.45, 7) is 6.70. The molecular formula is C65H117N2O7P. The first kappa shape index (κ1) is 72.2. The zero-order valence-corrected chi connectivity index (χ0v) is 50.4. The average molecular weight is 1070 g/mol. The highest BCUT2D eigenvalue weighted by Crippen LogP contribution is 2.38. The van der Waals surface area contributed by atoms with Crippen molar-refractivity contribution in [1.82, 2.24) is 5.32 Å². The van der Waals surface area contributed by atoms with Gasteiger partial charge >= 0.3 is 5.97 Å². The summed E-state index contributed by atoms with van der Waals surface area (Å²) >= 11 is 0. The number of carbonyl (C=O) groups is 2. The van der Waals surface area contributed by atoms with Gasteiger partial charge in [-0.15, -0.1) is 0 Å². The van der Waals surface area contributed by atoms with Gasteiger partial charge < -0.3 is 28.5 Å². The molecule has 0 saturated heterocycles. The molecule has 0 aliphatic carbocycles. The topological polar surface area (TPSA) is 114 Å². The van der Waals surface area contributed by atoms with Crippen molar-refractivity contribution in [2.45, 2.75) is 277 Å². The summed E-state index contributed by atoms with van der Waals surface area (Å²) in [4.78, 5) is 40.0. The molecule has 0 aliphatic heterocycles. The second-order valence-electron chi connectivity index (χ2n) is 21.8. The number of likely N-dealkylation sites (N-methyl/N-ethyl adjacent to an activating group) is 1. The fourth-order valence-electron chi connectivity index (χ4n) is 8.54. The highest BCUT2D eigenvalue weighted by molar-refractivity contribution is 7.45. The van der Waals surface area contributed by atoms with Crippen LogP contribution in [-0.2, 0) is 27.9 Å². The van der Waals surface area contributed by atoms with E-state index in [0.717, 1.165) is 116 Å². The van der Waals surface area contributed by atoms with Crippen LogP contribution in [0, 0.1) is 0 Å². The molecule has 0 spiro atoms. The van der Waals surface area contributed by atoms with E-state index in [2.05, 4.69) is 99.0 Å². The van der Waals surface area contributed by atoms with E-state index in [-0.39, 0.29) is 24.9 Å². The van der Waals surface area contributed by atoms with E-state index in [1.54, 1.807) is 0 Å². The molecule has 9 nitrogen and oxygen atoms in total. The summed E-state index contributed by atoms with van der Waals surface area (Å²) in [7, 11) is 1.16. The first-order valence-electron chi connectivity index (χ1n) is 30.9. The van der Waals surface area contributed by atoms with E-state index in [1.807, 2.05) is 33.3 Å². The van der Waals surface area contributed by atoms with Crippen molar-refractivity contribution in [3.05, 3.63) is 85.1 Å². The van der Waals surface area contributed by atoms with Crippen molar-refractivity contribution in [1.29, 1.82) is 0 Å². The second-order valence-corrected chi connectivity index (χ2v) is 23.2. The third-order valence-electron chi connectivity index (χ3n) is 13.3. The number of allylic oxidation sites excluding steroid dienone is 13. The van der Waals surface area contributed by atoms with Gasteiger partial charge in [-0.2, -0.15) is 0 Å². The SMILES string of the molecule is CC/C=C\C/C=C\C/C=C\C/C=C\C/C=C\CCCCCCCC(=O)OC(/C=C\CCCCCCCCCCCCC)C(COP(=O)([O-])OCC[N+](C)(C)C)NC(=O)CCCCCCCCC/C=C\CCCCCC. The van der Waals surface area contributed by atoms with Crippen molar-refractivity contribution in [2.24, 2.45) is 0 Å². The van der Waals surface area contributed by atoms with Gasteiger partial charge in [0.05, 0.1) is 33.8 Å². The Kier molecular flexibility index (Phi) is 52.5. The minimum atomic E-state index is -4.71. The van der Waals surface area contributed by atoms with Crippen molar-refractivity contribution in [3.63, 3.8) is 0 Å². The Labute approximate surface area is 463 Å². The molecule has 0 heterocycles. The normalized spacial score (nSPS) is 14.3. The molecule has 0 aromatic carbocycles. The molecule has 10 heteroatoms. The Bertz CT molecular complexity index is 1560. The molecule has 0 radical (unpaired) electrons. The van der Waals surface area contributed by atoms with Crippen LogP contribution in [0.2, 0.25) is 0 Å². The molecule has 75 heavy (non-hydrogen) atoms. The average Bonchev–Trinajstić information content (AvgIpc) is 3.37. The van der Waals surface area contributed by atoms with E-state index in [0.29, 0.717) is 23.9 Å². The van der Waals surface area contributed by atoms with Crippen molar-refractivity contribution in [3.8, 4) is 0 Å². The fourth-order valence-corrected chi connectivity index (χ4v) is 9.27. The van der Waals surface area contributed by atoms with Crippen molar-refractivity contribution < 1.29 is 37.3 Å². The minimum absolute atomic E-state index is 0.0296. The maximum atomic E-state index is 13.5. The van der Waals surface area contributed by atoms with Gasteiger partial charge in [0.25, 0.3) is 7.82 Å². The number of nitrogens with zero attached hydrogens (tertiary/aromatic N) is 1. The Hall–Kier alpha value is -2.81. The zero-order valence-electron chi connectivity index (χ0n) is 49.5. The Balaban J connectivity index is 5.33. The smallest absolute Gasteiger partial charge is 0.306 e. The Morgan fingerprint density at radius 1 is 0.480 bits per heavy atom. The standard InChI is InChI=1S/C65H117N2O7P/c1-7-10-13-16-19-22-25-28-30-31-32-33-34-35-37-40-43-46-49-52-55-58-65(69)74-63(56-53-50-47-44-41-38-27-24-21-18-15-12-9-3)62(61-73-75(70,71)72-60-59-67(4,5)6)66-64(68)57-54-51-48-45-42-39-36-29-26-23-20-17-14-11-8-2/h10,13,19,22-23,26,28,30,32-33,35,37,53,56,62-63H,7-9,11-12,14-18,20-21,24-25,27,29,31,34,36,38-52,54-55,57-61H2,1-6H3,(H-,66,68,70,71)/b13-10-,22-19-,26-23-,30-28-,33-32-,37-35-,56-53-. The number of hydrogen-bond donors (Lipinski definition) is 1. The monoisotopic (exact) mass is 1070 g/mol. The number of quaternary nitrogens is 1. The largest absolute Gasteiger partial charge is 0.756 e. The molecule has 434 valence electrons. The molecule has 0 fully saturated rings. The van der Waals surface area contributed by atoms with Crippen LogP contribution in [0.4, 0.5) is 0 Å². The van der Waals surface area contributed by atoms with Gasteiger partial charge in [-0.3, -0.25) is 14.2 Å². The number of rotatable bonds is 55. The molecule has 0 rings (SSSR count). The molecule has 1 N–H and O–H groups in total. The van der Waals surface area contributed by atoms with Crippen LogP contribution >= 0.6 is 7.82 Å². The lowest BCUT2D eigenvalue weighted by Gasteiger charge is -2.30. The zero-order chi connectivity index (χ0) is 55.0. The van der Waals surface area contributed by atoms with E-state index in [9.17, 15) is 19.0 Å². The van der Waals surface area contributed by atoms with Gasteiger partial charge in [0.2, 0.25) is 5.91 Å². The predicted octanol–water partition coefficient (Wildman–Crippen LogP) is 18.4. The van der Waals surface area contributed by atoms with Gasteiger partial charge in [-0.05, 0) is 102 Å². The van der Waals surface area contributed by atoms with Crippen LogP contribution in [0.1, 0.15) is 265 Å². The second kappa shape index (κ2) is 54.5. The predicted molar refractivity (Wildman–Crippen MR) is 321 cm³/mol. The number of phosphoric ester groups is 1. The summed E-state index contributed by atoms with van der Waals surface area (Å²) in [6.07, 6.45) is 71.1. The highest BCUT2D eigenvalue weighted by atomic mass is 31.2. The van der Waals surface area contributed by atoms with E-state index < -0.39 is 26.6 Å². The number of phosphoric acid groups is 1. The lowest BCUT2D eigenvalue weighted by atomic mass is 10.0. The first-order valence-corrected chi connectivity index (χ1v) is 32.4. The van der Waals surface area contributed by atoms with Crippen LogP contribution < -0.4 is 10.2 Å². The number of carbonyl (C=O) groups excluding carboxylic acids is 2. The first-order chi connectivity index (χ1) is 36.4. The Morgan fingerprint density at radius 2 is 0.853 bits per heavy atom. The van der Waals surface area contributed by atoms with Gasteiger partial charge in [0.15, 0.2) is 0 Å². The third-order valence-corrected chi connectivity index (χ3v) is 14.3. The number of hydrogen-bond acceptors (Lipinski definition) is 7. The van der Waals surface area contributed by atoms with Gasteiger partial charge in [0, 0.05) is 12.8 Å². The summed E-state index contributed by atoms with van der Waals surface area (Å²) in [5.41, 5.74) is 0. The van der Waals surface area contributed by atoms with Crippen LogP contribution in [0.25, 0.3) is 0 Å². The van der Waals surface area contributed by atoms with Crippen LogP contribution in [0.5, 0.6) is 0 Å². The van der Waals surface area contributed by atoms with Crippen molar-refractivity contribution >= 4 is 19.7 Å². The third kappa shape index (κ3) is 55.7.